The van der Waals surface area contributed by atoms with E-state index in [0.717, 1.165) is 57.8 Å². The van der Waals surface area contributed by atoms with Gasteiger partial charge in [-0.05, 0) is 38.2 Å². The van der Waals surface area contributed by atoms with Crippen molar-refractivity contribution < 1.29 is 4.74 Å². The molecule has 1 unspecified atom stereocenters. The Morgan fingerprint density at radius 3 is 2.56 bits per heavy atom. The van der Waals surface area contributed by atoms with Gasteiger partial charge in [0.2, 0.25) is 0 Å². The summed E-state index contributed by atoms with van der Waals surface area (Å²) in [6, 6.07) is 9.19. The van der Waals surface area contributed by atoms with Crippen LogP contribution < -0.4 is 10.6 Å². The molecule has 0 spiro atoms. The average molecular weight is 345 g/mol. The fourth-order valence-corrected chi connectivity index (χ4v) is 3.19. The van der Waals surface area contributed by atoms with Crippen LogP contribution in [-0.2, 0) is 4.74 Å². The second kappa shape index (κ2) is 9.20. The van der Waals surface area contributed by atoms with Gasteiger partial charge in [-0.2, -0.15) is 0 Å². The summed E-state index contributed by atoms with van der Waals surface area (Å²) >= 11 is 0. The van der Waals surface area contributed by atoms with Crippen molar-refractivity contribution in [2.24, 2.45) is 10.9 Å². The van der Waals surface area contributed by atoms with Crippen molar-refractivity contribution in [1.29, 1.82) is 0 Å². The smallest absolute Gasteiger partial charge is 0.191 e. The lowest BCUT2D eigenvalue weighted by molar-refractivity contribution is 0.0179. The molecule has 2 N–H and O–H groups in total. The molecule has 0 aromatic heterocycles. The Hall–Kier alpha value is -1.59. The summed E-state index contributed by atoms with van der Waals surface area (Å²) in [6.45, 7) is 10.5. The van der Waals surface area contributed by atoms with E-state index in [1.54, 1.807) is 0 Å². The number of rotatable bonds is 7. The quantitative estimate of drug-likeness (QED) is 0.589. The Balaban J connectivity index is 1.70. The Labute approximate surface area is 151 Å². The second-order valence-corrected chi connectivity index (χ2v) is 7.12. The molecule has 1 heterocycles. The monoisotopic (exact) mass is 344 g/mol. The summed E-state index contributed by atoms with van der Waals surface area (Å²) in [5.41, 5.74) is 2.64. The lowest BCUT2D eigenvalue weighted by atomic mass is 10.0. The summed E-state index contributed by atoms with van der Waals surface area (Å²) in [5.74, 6) is 1.79. The fraction of sp³-hybridized carbons (Fsp3) is 0.650. The van der Waals surface area contributed by atoms with Crippen molar-refractivity contribution in [1.82, 2.24) is 15.5 Å². The molecule has 0 bridgehead atoms. The molecular weight excluding hydrogens is 312 g/mol. The van der Waals surface area contributed by atoms with Crippen molar-refractivity contribution >= 4 is 5.96 Å². The van der Waals surface area contributed by atoms with E-state index in [9.17, 15) is 0 Å². The molecule has 0 radical (unpaired) electrons. The van der Waals surface area contributed by atoms with Gasteiger partial charge in [-0.1, -0.05) is 29.8 Å². The number of aliphatic imine (C=N–C) groups is 1. The summed E-state index contributed by atoms with van der Waals surface area (Å²) in [5, 5.41) is 6.88. The molecule has 3 rings (SSSR count). The van der Waals surface area contributed by atoms with Crippen molar-refractivity contribution in [3.05, 3.63) is 35.4 Å². The number of nitrogens with zero attached hydrogens (tertiary/aromatic N) is 2. The molecule has 1 atom stereocenters. The third-order valence-electron chi connectivity index (χ3n) is 4.97. The van der Waals surface area contributed by atoms with E-state index >= 15 is 0 Å². The van der Waals surface area contributed by atoms with E-state index in [0.29, 0.717) is 6.04 Å². The van der Waals surface area contributed by atoms with Gasteiger partial charge < -0.3 is 15.4 Å². The number of nitrogens with one attached hydrogen (secondary N) is 2. The zero-order chi connectivity index (χ0) is 17.5. The van der Waals surface area contributed by atoms with E-state index in [1.165, 1.54) is 24.0 Å². The fourth-order valence-electron chi connectivity index (χ4n) is 3.19. The predicted molar refractivity (Wildman–Crippen MR) is 103 cm³/mol. The minimum absolute atomic E-state index is 0.306. The van der Waals surface area contributed by atoms with E-state index < -0.39 is 0 Å². The van der Waals surface area contributed by atoms with Gasteiger partial charge in [0, 0.05) is 26.2 Å². The molecule has 1 aliphatic heterocycles. The van der Waals surface area contributed by atoms with Gasteiger partial charge in [0.1, 0.15) is 0 Å². The van der Waals surface area contributed by atoms with Crippen LogP contribution in [0.15, 0.2) is 29.3 Å². The third-order valence-corrected chi connectivity index (χ3v) is 4.97. The van der Waals surface area contributed by atoms with Crippen molar-refractivity contribution in [3.8, 4) is 0 Å². The Morgan fingerprint density at radius 2 is 1.92 bits per heavy atom. The van der Waals surface area contributed by atoms with Crippen LogP contribution in [0.1, 0.15) is 36.9 Å². The molecule has 1 aromatic rings. The van der Waals surface area contributed by atoms with E-state index in [4.69, 9.17) is 9.73 Å². The van der Waals surface area contributed by atoms with Crippen LogP contribution in [-0.4, -0.2) is 56.8 Å². The minimum Gasteiger partial charge on any atom is -0.379 e. The zero-order valence-electron chi connectivity index (χ0n) is 15.6. The first-order valence-corrected chi connectivity index (χ1v) is 9.67. The van der Waals surface area contributed by atoms with Crippen molar-refractivity contribution in [2.75, 3.05) is 45.9 Å². The maximum atomic E-state index is 5.54. The number of hydrogen-bond donors (Lipinski definition) is 2. The van der Waals surface area contributed by atoms with Gasteiger partial charge in [0.05, 0.1) is 25.8 Å². The minimum atomic E-state index is 0.306. The summed E-state index contributed by atoms with van der Waals surface area (Å²) in [4.78, 5) is 7.40. The van der Waals surface area contributed by atoms with Gasteiger partial charge in [-0.3, -0.25) is 9.89 Å². The molecule has 25 heavy (non-hydrogen) atoms. The van der Waals surface area contributed by atoms with Gasteiger partial charge in [0.15, 0.2) is 5.96 Å². The number of aryl methyl sites for hydroxylation is 1. The highest BCUT2D eigenvalue weighted by Crippen LogP contribution is 2.27. The van der Waals surface area contributed by atoms with Gasteiger partial charge in [0.25, 0.3) is 0 Å². The molecular formula is C20H32N4O. The predicted octanol–water partition coefficient (Wildman–Crippen LogP) is 2.33. The van der Waals surface area contributed by atoms with Crippen molar-refractivity contribution in [3.63, 3.8) is 0 Å². The van der Waals surface area contributed by atoms with Crippen molar-refractivity contribution in [2.45, 2.75) is 32.7 Å². The molecule has 1 saturated carbocycles. The molecule has 0 amide bonds. The van der Waals surface area contributed by atoms with Gasteiger partial charge in [-0.15, -0.1) is 0 Å². The highest BCUT2D eigenvalue weighted by Gasteiger charge is 2.23. The average Bonchev–Trinajstić information content (AvgIpc) is 3.46. The number of hydrogen-bond acceptors (Lipinski definition) is 3. The van der Waals surface area contributed by atoms with Crippen LogP contribution in [0.3, 0.4) is 0 Å². The van der Waals surface area contributed by atoms with Crippen LogP contribution in [0.5, 0.6) is 0 Å². The van der Waals surface area contributed by atoms with Crippen LogP contribution in [0.2, 0.25) is 0 Å². The first-order chi connectivity index (χ1) is 12.3. The van der Waals surface area contributed by atoms with Crippen LogP contribution in [0.25, 0.3) is 0 Å². The van der Waals surface area contributed by atoms with E-state index in [1.807, 2.05) is 0 Å². The molecule has 1 aromatic carbocycles. The molecule has 5 heteroatoms. The standard InChI is InChI=1S/C20H32N4O/c1-3-21-20(22-14-17-6-7-17)23-15-19(24-10-12-25-13-11-24)18-8-4-16(2)5-9-18/h4-5,8-9,17,19H,3,6-7,10-15H2,1-2H3,(H2,21,22,23). The molecule has 2 aliphatic rings. The Morgan fingerprint density at radius 1 is 1.20 bits per heavy atom. The molecule has 1 aliphatic carbocycles. The largest absolute Gasteiger partial charge is 0.379 e. The Kier molecular flexibility index (Phi) is 6.70. The second-order valence-electron chi connectivity index (χ2n) is 7.12. The van der Waals surface area contributed by atoms with E-state index in [-0.39, 0.29) is 0 Å². The third kappa shape index (κ3) is 5.72. The molecule has 138 valence electrons. The van der Waals surface area contributed by atoms with E-state index in [2.05, 4.69) is 53.6 Å². The zero-order valence-corrected chi connectivity index (χ0v) is 15.6. The maximum absolute atomic E-state index is 5.54. The summed E-state index contributed by atoms with van der Waals surface area (Å²) < 4.78 is 5.54. The highest BCUT2D eigenvalue weighted by molar-refractivity contribution is 5.79. The SMILES string of the molecule is CCNC(=NCC(c1ccc(C)cc1)N1CCOCC1)NCC1CC1. The lowest BCUT2D eigenvalue weighted by Crippen LogP contribution is -2.42. The number of morpholine rings is 1. The first kappa shape index (κ1) is 18.2. The molecule has 2 fully saturated rings. The van der Waals surface area contributed by atoms with Crippen LogP contribution in [0.4, 0.5) is 0 Å². The number of guanidine groups is 1. The summed E-state index contributed by atoms with van der Waals surface area (Å²) in [6.07, 6.45) is 2.71. The number of benzene rings is 1. The van der Waals surface area contributed by atoms with Crippen LogP contribution >= 0.6 is 0 Å². The lowest BCUT2D eigenvalue weighted by Gasteiger charge is -2.34. The topological polar surface area (TPSA) is 48.9 Å². The number of ether oxygens (including phenoxy) is 1. The molecule has 5 nitrogen and oxygen atoms in total. The normalized spacial score (nSPS) is 20.3. The molecule has 1 saturated heterocycles. The Bertz CT molecular complexity index is 547. The van der Waals surface area contributed by atoms with Gasteiger partial charge >= 0.3 is 0 Å². The first-order valence-electron chi connectivity index (χ1n) is 9.67. The highest BCUT2D eigenvalue weighted by atomic mass is 16.5. The van der Waals surface area contributed by atoms with Crippen LogP contribution in [0, 0.1) is 12.8 Å². The summed E-state index contributed by atoms with van der Waals surface area (Å²) in [7, 11) is 0. The maximum Gasteiger partial charge on any atom is 0.191 e. The van der Waals surface area contributed by atoms with Gasteiger partial charge in [-0.25, -0.2) is 0 Å².